The zero-order valence-corrected chi connectivity index (χ0v) is 9.71. The van der Waals surface area contributed by atoms with Crippen LogP contribution >= 0.6 is 11.6 Å². The molecule has 0 heterocycles. The fourth-order valence-corrected chi connectivity index (χ4v) is 2.06. The van der Waals surface area contributed by atoms with Gasteiger partial charge in [0.2, 0.25) is 0 Å². The summed E-state index contributed by atoms with van der Waals surface area (Å²) in [7, 11) is 0. The summed E-state index contributed by atoms with van der Waals surface area (Å²) in [5, 5.41) is 9.91. The van der Waals surface area contributed by atoms with Crippen LogP contribution < -0.4 is 0 Å². The predicted molar refractivity (Wildman–Crippen MR) is 61.3 cm³/mol. The molecule has 0 aliphatic heterocycles. The predicted octanol–water partition coefficient (Wildman–Crippen LogP) is 3.48. The van der Waals surface area contributed by atoms with Gasteiger partial charge in [-0.25, -0.2) is 0 Å². The lowest BCUT2D eigenvalue weighted by Gasteiger charge is -2.27. The van der Waals surface area contributed by atoms with Crippen LogP contribution in [0.15, 0.2) is 24.3 Å². The van der Waals surface area contributed by atoms with Crippen molar-refractivity contribution in [1.82, 2.24) is 0 Å². The normalized spacial score (nSPS) is 11.4. The van der Waals surface area contributed by atoms with E-state index in [0.717, 1.165) is 5.56 Å². The number of hydrogen-bond donors (Lipinski definition) is 1. The summed E-state index contributed by atoms with van der Waals surface area (Å²) in [5.74, 6) is -0.783. The summed E-state index contributed by atoms with van der Waals surface area (Å²) in [6.45, 7) is 3.77. The molecular formula is C12H15ClO2. The van der Waals surface area contributed by atoms with E-state index < -0.39 is 11.4 Å². The number of aliphatic carboxylic acids is 1. The van der Waals surface area contributed by atoms with Crippen LogP contribution in [0.1, 0.15) is 32.3 Å². The number of rotatable bonds is 4. The Labute approximate surface area is 94.9 Å². The number of carbonyl (C=O) groups is 1. The molecular weight excluding hydrogens is 212 g/mol. The van der Waals surface area contributed by atoms with Crippen LogP contribution in [-0.4, -0.2) is 11.1 Å². The molecule has 0 saturated heterocycles. The van der Waals surface area contributed by atoms with Crippen molar-refractivity contribution < 1.29 is 9.90 Å². The van der Waals surface area contributed by atoms with Crippen molar-refractivity contribution in [2.45, 2.75) is 32.1 Å². The molecule has 0 aliphatic rings. The minimum Gasteiger partial charge on any atom is -0.481 e. The third-order valence-corrected chi connectivity index (χ3v) is 3.23. The van der Waals surface area contributed by atoms with Gasteiger partial charge in [-0.15, -0.1) is 0 Å². The van der Waals surface area contributed by atoms with E-state index in [1.165, 1.54) is 0 Å². The molecule has 0 fully saturated rings. The lowest BCUT2D eigenvalue weighted by Crippen LogP contribution is -2.34. The minimum atomic E-state index is -0.801. The van der Waals surface area contributed by atoms with E-state index in [0.29, 0.717) is 17.9 Å². The molecule has 0 bridgehead atoms. The molecule has 15 heavy (non-hydrogen) atoms. The third-order valence-electron chi connectivity index (χ3n) is 2.99. The van der Waals surface area contributed by atoms with E-state index in [-0.39, 0.29) is 0 Å². The molecule has 0 saturated carbocycles. The third kappa shape index (κ3) is 2.15. The fraction of sp³-hybridized carbons (Fsp3) is 0.417. The van der Waals surface area contributed by atoms with Gasteiger partial charge in [0.05, 0.1) is 5.41 Å². The first-order valence-corrected chi connectivity index (χ1v) is 5.44. The second-order valence-electron chi connectivity index (χ2n) is 3.60. The fourth-order valence-electron chi connectivity index (χ4n) is 1.87. The van der Waals surface area contributed by atoms with Gasteiger partial charge >= 0.3 is 5.97 Å². The number of benzene rings is 1. The zero-order chi connectivity index (χ0) is 11.5. The summed E-state index contributed by atoms with van der Waals surface area (Å²) in [6.07, 6.45) is 1.14. The molecule has 0 unspecified atom stereocenters. The number of hydrogen-bond acceptors (Lipinski definition) is 1. The van der Waals surface area contributed by atoms with Crippen molar-refractivity contribution in [3.05, 3.63) is 34.9 Å². The number of carboxylic acids is 1. The van der Waals surface area contributed by atoms with Crippen LogP contribution in [0.4, 0.5) is 0 Å². The molecule has 3 heteroatoms. The van der Waals surface area contributed by atoms with Gasteiger partial charge in [-0.2, -0.15) is 0 Å². The van der Waals surface area contributed by atoms with Crippen molar-refractivity contribution in [2.24, 2.45) is 0 Å². The standard InChI is InChI=1S/C12H15ClO2/c1-3-12(4-2,11(14)15)9-6-5-7-10(13)8-9/h5-8H,3-4H2,1-2H3,(H,14,15). The van der Waals surface area contributed by atoms with Crippen molar-refractivity contribution in [3.63, 3.8) is 0 Å². The highest BCUT2D eigenvalue weighted by atomic mass is 35.5. The first-order valence-electron chi connectivity index (χ1n) is 5.06. The molecule has 1 rings (SSSR count). The average Bonchev–Trinajstić information content (AvgIpc) is 2.20. The second kappa shape index (κ2) is 4.67. The molecule has 82 valence electrons. The van der Waals surface area contributed by atoms with Gasteiger partial charge in [-0.05, 0) is 30.5 Å². The Hall–Kier alpha value is -1.02. The Morgan fingerprint density at radius 3 is 2.40 bits per heavy atom. The van der Waals surface area contributed by atoms with Crippen molar-refractivity contribution >= 4 is 17.6 Å². The van der Waals surface area contributed by atoms with E-state index in [1.54, 1.807) is 18.2 Å². The molecule has 0 spiro atoms. The van der Waals surface area contributed by atoms with Gasteiger partial charge in [0, 0.05) is 5.02 Å². The van der Waals surface area contributed by atoms with Crippen molar-refractivity contribution in [3.8, 4) is 0 Å². The Balaban J connectivity index is 3.26. The van der Waals surface area contributed by atoms with Gasteiger partial charge in [0.1, 0.15) is 0 Å². The average molecular weight is 227 g/mol. The quantitative estimate of drug-likeness (QED) is 0.854. The van der Waals surface area contributed by atoms with Gasteiger partial charge in [0.15, 0.2) is 0 Å². The molecule has 1 N–H and O–H groups in total. The largest absolute Gasteiger partial charge is 0.481 e. The number of carboxylic acid groups (broad SMARTS) is 1. The summed E-state index contributed by atoms with van der Waals surface area (Å²) in [5.41, 5.74) is -0.0160. The Kier molecular flexibility index (Phi) is 3.75. The molecule has 0 radical (unpaired) electrons. The smallest absolute Gasteiger partial charge is 0.314 e. The minimum absolute atomic E-state index is 0.569. The monoisotopic (exact) mass is 226 g/mol. The van der Waals surface area contributed by atoms with Crippen LogP contribution in [-0.2, 0) is 10.2 Å². The number of halogens is 1. The highest BCUT2D eigenvalue weighted by molar-refractivity contribution is 6.30. The van der Waals surface area contributed by atoms with Gasteiger partial charge in [-0.3, -0.25) is 4.79 Å². The van der Waals surface area contributed by atoms with Crippen molar-refractivity contribution in [2.75, 3.05) is 0 Å². The van der Waals surface area contributed by atoms with E-state index in [9.17, 15) is 9.90 Å². The highest BCUT2D eigenvalue weighted by Crippen LogP contribution is 2.33. The molecule has 1 aromatic rings. The summed E-state index contributed by atoms with van der Waals surface area (Å²) in [6, 6.07) is 7.11. The van der Waals surface area contributed by atoms with Crippen LogP contribution in [0, 0.1) is 0 Å². The summed E-state index contributed by atoms with van der Waals surface area (Å²) in [4.78, 5) is 11.4. The first kappa shape index (κ1) is 12.1. The Bertz CT molecular complexity index is 356. The maximum absolute atomic E-state index is 11.4. The Morgan fingerprint density at radius 1 is 1.40 bits per heavy atom. The molecule has 2 nitrogen and oxygen atoms in total. The van der Waals surface area contributed by atoms with Gasteiger partial charge in [0.25, 0.3) is 0 Å². The van der Waals surface area contributed by atoms with Gasteiger partial charge < -0.3 is 5.11 Å². The van der Waals surface area contributed by atoms with E-state index in [4.69, 9.17) is 11.6 Å². The van der Waals surface area contributed by atoms with Gasteiger partial charge in [-0.1, -0.05) is 37.6 Å². The SMILES string of the molecule is CCC(CC)(C(=O)O)c1cccc(Cl)c1. The van der Waals surface area contributed by atoms with Crippen LogP contribution in [0.3, 0.4) is 0 Å². The summed E-state index contributed by atoms with van der Waals surface area (Å²) < 4.78 is 0. The molecule has 0 atom stereocenters. The summed E-state index contributed by atoms with van der Waals surface area (Å²) >= 11 is 5.88. The van der Waals surface area contributed by atoms with Crippen LogP contribution in [0.5, 0.6) is 0 Å². The first-order chi connectivity index (χ1) is 7.06. The zero-order valence-electron chi connectivity index (χ0n) is 8.96. The second-order valence-corrected chi connectivity index (χ2v) is 4.04. The van der Waals surface area contributed by atoms with Crippen LogP contribution in [0.2, 0.25) is 5.02 Å². The maximum Gasteiger partial charge on any atom is 0.314 e. The van der Waals surface area contributed by atoms with E-state index in [2.05, 4.69) is 0 Å². The molecule has 0 amide bonds. The molecule has 1 aromatic carbocycles. The maximum atomic E-state index is 11.4. The highest BCUT2D eigenvalue weighted by Gasteiger charge is 2.36. The lowest BCUT2D eigenvalue weighted by atomic mass is 9.76. The topological polar surface area (TPSA) is 37.3 Å². The van der Waals surface area contributed by atoms with E-state index >= 15 is 0 Å². The lowest BCUT2D eigenvalue weighted by molar-refractivity contribution is -0.144. The molecule has 0 aliphatic carbocycles. The Morgan fingerprint density at radius 2 is 2.00 bits per heavy atom. The molecule has 0 aromatic heterocycles. The van der Waals surface area contributed by atoms with Crippen LogP contribution in [0.25, 0.3) is 0 Å². The van der Waals surface area contributed by atoms with E-state index in [1.807, 2.05) is 19.9 Å². The van der Waals surface area contributed by atoms with Crippen molar-refractivity contribution in [1.29, 1.82) is 0 Å².